The minimum Gasteiger partial charge on any atom is -0.396 e. The predicted octanol–water partition coefficient (Wildman–Crippen LogP) is 2.56. The van der Waals surface area contributed by atoms with Crippen LogP contribution in [0.5, 0.6) is 0 Å². The maximum atomic E-state index is 12.8. The molecule has 0 atom stereocenters. The fraction of sp³-hybridized carbons (Fsp3) is 0. The second kappa shape index (κ2) is 3.42. The van der Waals surface area contributed by atoms with Gasteiger partial charge in [-0.15, -0.1) is 0 Å². The van der Waals surface area contributed by atoms with Gasteiger partial charge in [0.2, 0.25) is 0 Å². The molecule has 0 saturated heterocycles. The zero-order valence-electron chi connectivity index (χ0n) is 7.09. The van der Waals surface area contributed by atoms with Crippen LogP contribution in [0.1, 0.15) is 0 Å². The van der Waals surface area contributed by atoms with E-state index in [-0.39, 0.29) is 5.82 Å². The lowest BCUT2D eigenvalue weighted by Gasteiger charge is -2.02. The SMILES string of the molecule is Nc1cn[nH]c1-c1ccc(F)cc1Br. The third kappa shape index (κ3) is 1.50. The summed E-state index contributed by atoms with van der Waals surface area (Å²) < 4.78 is 13.4. The van der Waals surface area contributed by atoms with Gasteiger partial charge in [0.05, 0.1) is 17.6 Å². The summed E-state index contributed by atoms with van der Waals surface area (Å²) in [4.78, 5) is 0. The Balaban J connectivity index is 2.58. The van der Waals surface area contributed by atoms with Crippen LogP contribution in [-0.4, -0.2) is 10.2 Å². The van der Waals surface area contributed by atoms with E-state index in [2.05, 4.69) is 26.1 Å². The second-order valence-corrected chi connectivity index (χ2v) is 3.68. The summed E-state index contributed by atoms with van der Waals surface area (Å²) >= 11 is 3.26. The number of rotatable bonds is 1. The third-order valence-electron chi connectivity index (χ3n) is 1.87. The number of aromatic nitrogens is 2. The van der Waals surface area contributed by atoms with Crippen molar-refractivity contribution in [3.63, 3.8) is 0 Å². The van der Waals surface area contributed by atoms with E-state index < -0.39 is 0 Å². The molecule has 3 nitrogen and oxygen atoms in total. The van der Waals surface area contributed by atoms with Gasteiger partial charge in [0.25, 0.3) is 0 Å². The first-order valence-corrected chi connectivity index (χ1v) is 4.72. The Morgan fingerprint density at radius 2 is 2.21 bits per heavy atom. The number of hydrogen-bond donors (Lipinski definition) is 2. The largest absolute Gasteiger partial charge is 0.396 e. The number of anilines is 1. The minimum atomic E-state index is -0.293. The number of nitrogen functional groups attached to an aromatic ring is 1. The predicted molar refractivity (Wildman–Crippen MR) is 56.1 cm³/mol. The molecule has 1 heterocycles. The summed E-state index contributed by atoms with van der Waals surface area (Å²) in [5, 5.41) is 6.55. The van der Waals surface area contributed by atoms with Crippen molar-refractivity contribution in [2.24, 2.45) is 0 Å². The van der Waals surface area contributed by atoms with Crippen LogP contribution in [0.15, 0.2) is 28.9 Å². The monoisotopic (exact) mass is 255 g/mol. The molecule has 5 heteroatoms. The first-order chi connectivity index (χ1) is 6.68. The molecule has 0 aliphatic carbocycles. The first-order valence-electron chi connectivity index (χ1n) is 3.93. The molecule has 0 bridgehead atoms. The molecule has 0 unspecified atom stereocenters. The number of nitrogens with two attached hydrogens (primary N) is 1. The minimum absolute atomic E-state index is 0.293. The highest BCUT2D eigenvalue weighted by Gasteiger charge is 2.08. The van der Waals surface area contributed by atoms with Gasteiger partial charge in [-0.2, -0.15) is 5.10 Å². The molecule has 2 rings (SSSR count). The number of benzene rings is 1. The lowest BCUT2D eigenvalue weighted by atomic mass is 10.1. The van der Waals surface area contributed by atoms with Crippen molar-refractivity contribution >= 4 is 21.6 Å². The van der Waals surface area contributed by atoms with Crippen LogP contribution in [0, 0.1) is 5.82 Å². The van der Waals surface area contributed by atoms with Gasteiger partial charge in [0, 0.05) is 10.0 Å². The Morgan fingerprint density at radius 3 is 2.79 bits per heavy atom. The van der Waals surface area contributed by atoms with Crippen molar-refractivity contribution in [1.29, 1.82) is 0 Å². The van der Waals surface area contributed by atoms with Crippen LogP contribution in [-0.2, 0) is 0 Å². The lowest BCUT2D eigenvalue weighted by molar-refractivity contribution is 0.627. The molecular formula is C9H7BrFN3. The van der Waals surface area contributed by atoms with Gasteiger partial charge in [-0.05, 0) is 34.1 Å². The molecule has 0 amide bonds. The van der Waals surface area contributed by atoms with Crippen LogP contribution in [0.3, 0.4) is 0 Å². The van der Waals surface area contributed by atoms with Gasteiger partial charge in [0.15, 0.2) is 0 Å². The van der Waals surface area contributed by atoms with Crippen LogP contribution in [0.4, 0.5) is 10.1 Å². The van der Waals surface area contributed by atoms with Gasteiger partial charge in [-0.3, -0.25) is 5.10 Å². The molecule has 2 aromatic rings. The van der Waals surface area contributed by atoms with Gasteiger partial charge in [-0.25, -0.2) is 4.39 Å². The Hall–Kier alpha value is -1.36. The van der Waals surface area contributed by atoms with E-state index in [9.17, 15) is 4.39 Å². The Bertz CT molecular complexity index is 467. The fourth-order valence-corrected chi connectivity index (χ4v) is 1.75. The molecular weight excluding hydrogens is 249 g/mol. The lowest BCUT2D eigenvalue weighted by Crippen LogP contribution is -1.88. The van der Waals surface area contributed by atoms with Crippen LogP contribution >= 0.6 is 15.9 Å². The van der Waals surface area contributed by atoms with Gasteiger partial charge in [0.1, 0.15) is 5.82 Å². The molecule has 0 fully saturated rings. The maximum Gasteiger partial charge on any atom is 0.124 e. The number of H-pyrrole nitrogens is 1. The number of halogens is 2. The van der Waals surface area contributed by atoms with Crippen molar-refractivity contribution in [2.75, 3.05) is 5.73 Å². The smallest absolute Gasteiger partial charge is 0.124 e. The van der Waals surface area contributed by atoms with Gasteiger partial charge >= 0.3 is 0 Å². The van der Waals surface area contributed by atoms with Crippen molar-refractivity contribution < 1.29 is 4.39 Å². The van der Waals surface area contributed by atoms with Crippen molar-refractivity contribution in [3.05, 3.63) is 34.7 Å². The molecule has 0 radical (unpaired) electrons. The second-order valence-electron chi connectivity index (χ2n) is 2.82. The Morgan fingerprint density at radius 1 is 1.43 bits per heavy atom. The average Bonchev–Trinajstić information content (AvgIpc) is 2.52. The molecule has 72 valence electrons. The Kier molecular flexibility index (Phi) is 2.25. The molecule has 0 aliphatic heterocycles. The topological polar surface area (TPSA) is 54.7 Å². The number of nitrogens with one attached hydrogen (secondary N) is 1. The summed E-state index contributed by atoms with van der Waals surface area (Å²) in [7, 11) is 0. The Labute approximate surface area is 88.3 Å². The fourth-order valence-electron chi connectivity index (χ4n) is 1.20. The highest BCUT2D eigenvalue weighted by Crippen LogP contribution is 2.30. The summed E-state index contributed by atoms with van der Waals surface area (Å²) in [5.74, 6) is -0.293. The van der Waals surface area contributed by atoms with Crippen LogP contribution < -0.4 is 5.73 Å². The van der Waals surface area contributed by atoms with E-state index in [4.69, 9.17) is 5.73 Å². The van der Waals surface area contributed by atoms with Crippen molar-refractivity contribution in [1.82, 2.24) is 10.2 Å². The molecule has 0 spiro atoms. The summed E-state index contributed by atoms with van der Waals surface area (Å²) in [6, 6.07) is 4.40. The number of hydrogen-bond acceptors (Lipinski definition) is 2. The van der Waals surface area contributed by atoms with Crippen molar-refractivity contribution in [3.8, 4) is 11.3 Å². The van der Waals surface area contributed by atoms with E-state index >= 15 is 0 Å². The normalized spacial score (nSPS) is 10.4. The quantitative estimate of drug-likeness (QED) is 0.823. The molecule has 0 saturated carbocycles. The van der Waals surface area contributed by atoms with E-state index in [0.29, 0.717) is 15.9 Å². The highest BCUT2D eigenvalue weighted by atomic mass is 79.9. The summed E-state index contributed by atoms with van der Waals surface area (Å²) in [5.41, 5.74) is 7.69. The van der Waals surface area contributed by atoms with E-state index in [0.717, 1.165) is 5.56 Å². The van der Waals surface area contributed by atoms with Crippen LogP contribution in [0.25, 0.3) is 11.3 Å². The summed E-state index contributed by atoms with van der Waals surface area (Å²) in [6.07, 6.45) is 1.52. The molecule has 1 aromatic heterocycles. The molecule has 0 aliphatic rings. The molecule has 1 aromatic carbocycles. The van der Waals surface area contributed by atoms with Crippen LogP contribution in [0.2, 0.25) is 0 Å². The number of aromatic amines is 1. The van der Waals surface area contributed by atoms with E-state index in [1.807, 2.05) is 0 Å². The average molecular weight is 256 g/mol. The zero-order chi connectivity index (χ0) is 10.1. The first kappa shape index (κ1) is 9.21. The van der Waals surface area contributed by atoms with E-state index in [1.54, 1.807) is 6.07 Å². The zero-order valence-corrected chi connectivity index (χ0v) is 8.68. The molecule has 3 N–H and O–H groups in total. The summed E-state index contributed by atoms with van der Waals surface area (Å²) in [6.45, 7) is 0. The van der Waals surface area contributed by atoms with Gasteiger partial charge < -0.3 is 5.73 Å². The standard InChI is InChI=1S/C9H7BrFN3/c10-7-3-5(11)1-2-6(7)9-8(12)4-13-14-9/h1-4H,12H2,(H,13,14). The number of nitrogens with zero attached hydrogens (tertiary/aromatic N) is 1. The highest BCUT2D eigenvalue weighted by molar-refractivity contribution is 9.10. The van der Waals surface area contributed by atoms with Crippen molar-refractivity contribution in [2.45, 2.75) is 0 Å². The van der Waals surface area contributed by atoms with Gasteiger partial charge in [-0.1, -0.05) is 0 Å². The maximum absolute atomic E-state index is 12.8. The third-order valence-corrected chi connectivity index (χ3v) is 2.53. The van der Waals surface area contributed by atoms with E-state index in [1.165, 1.54) is 18.3 Å². The molecule has 14 heavy (non-hydrogen) atoms.